The Hall–Kier alpha value is -1.23. The molecule has 2 heterocycles. The molecule has 1 amide bonds. The lowest BCUT2D eigenvalue weighted by Gasteiger charge is -2.42. The number of hydrogen-bond acceptors (Lipinski definition) is 3. The van der Waals surface area contributed by atoms with Crippen molar-refractivity contribution >= 4 is 40.9 Å². The van der Waals surface area contributed by atoms with Crippen LogP contribution in [0.5, 0.6) is 0 Å². The zero-order valence-corrected chi connectivity index (χ0v) is 14.2. The number of piperidine rings is 1. The Balaban J connectivity index is 0.00000176. The summed E-state index contributed by atoms with van der Waals surface area (Å²) in [5.41, 5.74) is 6.71. The molecule has 0 spiro atoms. The molecule has 0 bridgehead atoms. The maximum Gasteiger partial charge on any atom is 0.289 e. The molecule has 0 radical (unpaired) electrons. The van der Waals surface area contributed by atoms with Crippen LogP contribution in [0.25, 0.3) is 11.0 Å². The van der Waals surface area contributed by atoms with E-state index < -0.39 is 0 Å². The Bertz CT molecular complexity index is 697. The molecule has 1 aromatic carbocycles. The second-order valence-electron chi connectivity index (χ2n) is 6.40. The van der Waals surface area contributed by atoms with Crippen LogP contribution in [0.15, 0.2) is 28.7 Å². The molecule has 1 aromatic heterocycles. The van der Waals surface area contributed by atoms with Gasteiger partial charge in [-0.25, -0.2) is 0 Å². The van der Waals surface area contributed by atoms with Gasteiger partial charge in [0.2, 0.25) is 0 Å². The number of amides is 1. The molecular weight excluding hydrogens is 323 g/mol. The zero-order chi connectivity index (χ0) is 15.2. The number of hydrogen-bond donors (Lipinski definition) is 1. The predicted molar refractivity (Wildman–Crippen MR) is 90.7 cm³/mol. The van der Waals surface area contributed by atoms with Gasteiger partial charge in [0, 0.05) is 29.5 Å². The Morgan fingerprint density at radius 3 is 2.82 bits per heavy atom. The SMILES string of the molecule is CC1(C)CN(C(=O)c2cc3cc(Cl)ccc3o2)CCC1N.Cl. The zero-order valence-electron chi connectivity index (χ0n) is 12.6. The molecule has 4 nitrogen and oxygen atoms in total. The van der Waals surface area contributed by atoms with Crippen LogP contribution in [-0.2, 0) is 0 Å². The first-order valence-electron chi connectivity index (χ1n) is 7.11. The van der Waals surface area contributed by atoms with Crippen molar-refractivity contribution in [1.29, 1.82) is 0 Å². The van der Waals surface area contributed by atoms with Crippen molar-refractivity contribution < 1.29 is 9.21 Å². The molecule has 0 saturated carbocycles. The van der Waals surface area contributed by atoms with E-state index in [1.807, 2.05) is 4.90 Å². The van der Waals surface area contributed by atoms with Gasteiger partial charge in [0.1, 0.15) is 5.58 Å². The Labute approximate surface area is 141 Å². The Morgan fingerprint density at radius 1 is 1.41 bits per heavy atom. The summed E-state index contributed by atoms with van der Waals surface area (Å²) in [5, 5.41) is 1.48. The van der Waals surface area contributed by atoms with Gasteiger partial charge >= 0.3 is 0 Å². The van der Waals surface area contributed by atoms with Crippen molar-refractivity contribution in [2.75, 3.05) is 13.1 Å². The Morgan fingerprint density at radius 2 is 2.14 bits per heavy atom. The second-order valence-corrected chi connectivity index (χ2v) is 6.84. The molecule has 22 heavy (non-hydrogen) atoms. The molecule has 1 aliphatic rings. The van der Waals surface area contributed by atoms with E-state index in [1.54, 1.807) is 24.3 Å². The third kappa shape index (κ3) is 3.09. The molecule has 1 aliphatic heterocycles. The van der Waals surface area contributed by atoms with E-state index in [0.29, 0.717) is 29.5 Å². The van der Waals surface area contributed by atoms with Crippen LogP contribution >= 0.6 is 24.0 Å². The summed E-state index contributed by atoms with van der Waals surface area (Å²) in [5.74, 6) is 0.279. The molecule has 3 rings (SSSR count). The van der Waals surface area contributed by atoms with Crippen molar-refractivity contribution in [1.82, 2.24) is 4.90 Å². The minimum atomic E-state index is -0.0812. The van der Waals surface area contributed by atoms with Gasteiger partial charge in [-0.1, -0.05) is 25.4 Å². The van der Waals surface area contributed by atoms with Crippen molar-refractivity contribution in [2.45, 2.75) is 26.3 Å². The summed E-state index contributed by atoms with van der Waals surface area (Å²) in [6.45, 7) is 5.50. The van der Waals surface area contributed by atoms with E-state index in [0.717, 1.165) is 11.8 Å². The standard InChI is InChI=1S/C16H19ClN2O2.ClH/c1-16(2)9-19(6-5-14(16)18)15(20)13-8-10-7-11(17)3-4-12(10)21-13;/h3-4,7-8,14H,5-6,9,18H2,1-2H3;1H. The smallest absolute Gasteiger partial charge is 0.289 e. The van der Waals surface area contributed by atoms with Gasteiger partial charge in [0.15, 0.2) is 5.76 Å². The van der Waals surface area contributed by atoms with E-state index >= 15 is 0 Å². The van der Waals surface area contributed by atoms with E-state index in [2.05, 4.69) is 13.8 Å². The quantitative estimate of drug-likeness (QED) is 0.859. The maximum absolute atomic E-state index is 12.6. The van der Waals surface area contributed by atoms with E-state index in [1.165, 1.54) is 0 Å². The molecular formula is C16H20Cl2N2O2. The lowest BCUT2D eigenvalue weighted by molar-refractivity contribution is 0.0505. The molecule has 2 aromatic rings. The average Bonchev–Trinajstić information content (AvgIpc) is 2.83. The van der Waals surface area contributed by atoms with Gasteiger partial charge in [-0.05, 0) is 36.1 Å². The monoisotopic (exact) mass is 342 g/mol. The summed E-state index contributed by atoms with van der Waals surface area (Å²) in [6.07, 6.45) is 0.810. The van der Waals surface area contributed by atoms with Crippen LogP contribution < -0.4 is 5.73 Å². The van der Waals surface area contributed by atoms with Gasteiger partial charge in [-0.15, -0.1) is 12.4 Å². The number of rotatable bonds is 1. The number of carbonyl (C=O) groups excluding carboxylic acids is 1. The summed E-state index contributed by atoms with van der Waals surface area (Å²) in [7, 11) is 0. The molecule has 1 fully saturated rings. The van der Waals surface area contributed by atoms with Crippen LogP contribution in [0.2, 0.25) is 5.02 Å². The van der Waals surface area contributed by atoms with Crippen molar-refractivity contribution in [2.24, 2.45) is 11.1 Å². The van der Waals surface area contributed by atoms with Crippen molar-refractivity contribution in [3.05, 3.63) is 35.0 Å². The first kappa shape index (κ1) is 17.1. The van der Waals surface area contributed by atoms with Crippen LogP contribution in [0.3, 0.4) is 0 Å². The first-order chi connectivity index (χ1) is 9.87. The summed E-state index contributed by atoms with van der Waals surface area (Å²) < 4.78 is 5.65. The summed E-state index contributed by atoms with van der Waals surface area (Å²) in [4.78, 5) is 14.4. The number of nitrogens with two attached hydrogens (primary N) is 1. The minimum Gasteiger partial charge on any atom is -0.451 e. The second kappa shape index (κ2) is 6.11. The molecule has 120 valence electrons. The number of halogens is 2. The maximum atomic E-state index is 12.6. The van der Waals surface area contributed by atoms with Crippen LogP contribution in [-0.4, -0.2) is 29.9 Å². The number of furan rings is 1. The summed E-state index contributed by atoms with van der Waals surface area (Å²) in [6, 6.07) is 7.21. The molecule has 6 heteroatoms. The van der Waals surface area contributed by atoms with Gasteiger partial charge in [-0.2, -0.15) is 0 Å². The van der Waals surface area contributed by atoms with Gasteiger partial charge in [0.05, 0.1) is 0 Å². The number of benzene rings is 1. The highest BCUT2D eigenvalue weighted by Crippen LogP contribution is 2.30. The van der Waals surface area contributed by atoms with Crippen LogP contribution in [0.4, 0.5) is 0 Å². The average molecular weight is 343 g/mol. The number of likely N-dealkylation sites (tertiary alicyclic amines) is 1. The fourth-order valence-electron chi connectivity index (χ4n) is 2.82. The number of carbonyl (C=O) groups is 1. The Kier molecular flexibility index (Phi) is 4.76. The third-order valence-corrected chi connectivity index (χ3v) is 4.52. The van der Waals surface area contributed by atoms with Gasteiger partial charge in [0.25, 0.3) is 5.91 Å². The number of fused-ring (bicyclic) bond motifs is 1. The highest BCUT2D eigenvalue weighted by Gasteiger charge is 2.36. The molecule has 2 N–H and O–H groups in total. The van der Waals surface area contributed by atoms with Crippen molar-refractivity contribution in [3.63, 3.8) is 0 Å². The molecule has 0 aliphatic carbocycles. The first-order valence-corrected chi connectivity index (χ1v) is 7.48. The normalized spacial score (nSPS) is 20.7. The van der Waals surface area contributed by atoms with E-state index in [-0.39, 0.29) is 29.8 Å². The third-order valence-electron chi connectivity index (χ3n) is 4.29. The minimum absolute atomic E-state index is 0. The van der Waals surface area contributed by atoms with Gasteiger partial charge < -0.3 is 15.1 Å². The molecule has 1 unspecified atom stereocenters. The fraction of sp³-hybridized carbons (Fsp3) is 0.438. The lowest BCUT2D eigenvalue weighted by atomic mass is 9.79. The summed E-state index contributed by atoms with van der Waals surface area (Å²) >= 11 is 5.96. The molecule has 1 saturated heterocycles. The molecule has 1 atom stereocenters. The van der Waals surface area contributed by atoms with Crippen LogP contribution in [0, 0.1) is 5.41 Å². The van der Waals surface area contributed by atoms with Crippen molar-refractivity contribution in [3.8, 4) is 0 Å². The highest BCUT2D eigenvalue weighted by molar-refractivity contribution is 6.31. The highest BCUT2D eigenvalue weighted by atomic mass is 35.5. The predicted octanol–water partition coefficient (Wildman–Crippen LogP) is 3.71. The topological polar surface area (TPSA) is 59.5 Å². The largest absolute Gasteiger partial charge is 0.451 e. The number of nitrogens with zero attached hydrogens (tertiary/aromatic N) is 1. The fourth-order valence-corrected chi connectivity index (χ4v) is 3.00. The van der Waals surface area contributed by atoms with E-state index in [4.69, 9.17) is 21.8 Å². The van der Waals surface area contributed by atoms with Crippen LogP contribution in [0.1, 0.15) is 30.8 Å². The van der Waals surface area contributed by atoms with E-state index in [9.17, 15) is 4.79 Å². The van der Waals surface area contributed by atoms with Gasteiger partial charge in [-0.3, -0.25) is 4.79 Å². The lowest BCUT2D eigenvalue weighted by Crippen LogP contribution is -2.53.